The summed E-state index contributed by atoms with van der Waals surface area (Å²) in [6.07, 6.45) is -8.10. The zero-order chi connectivity index (χ0) is 23.1. The summed E-state index contributed by atoms with van der Waals surface area (Å²) in [6, 6.07) is 6.94. The summed E-state index contributed by atoms with van der Waals surface area (Å²) in [5.41, 5.74) is -0.665. The number of fused-ring (bicyclic) bond motifs is 1. The van der Waals surface area contributed by atoms with E-state index in [1.54, 1.807) is 4.90 Å². The molecular weight excluding hydrogens is 442 g/mol. The Morgan fingerprint density at radius 2 is 1.69 bits per heavy atom. The molecule has 1 aliphatic rings. The van der Waals surface area contributed by atoms with Gasteiger partial charge in [-0.15, -0.1) is 15.3 Å². The molecule has 0 bridgehead atoms. The fourth-order valence-electron chi connectivity index (χ4n) is 3.51. The molecule has 0 aliphatic carbocycles. The summed E-state index contributed by atoms with van der Waals surface area (Å²) in [5, 5.41) is 13.2. The van der Waals surface area contributed by atoms with Gasteiger partial charge < -0.3 is 10.2 Å². The van der Waals surface area contributed by atoms with E-state index in [4.69, 9.17) is 0 Å². The highest BCUT2D eigenvalue weighted by molar-refractivity contribution is 5.93. The first-order valence-corrected chi connectivity index (χ1v) is 9.55. The van der Waals surface area contributed by atoms with Gasteiger partial charge in [0.2, 0.25) is 5.91 Å². The van der Waals surface area contributed by atoms with Gasteiger partial charge in [0.1, 0.15) is 5.82 Å². The standard InChI is InChI=1S/C19H16F6N6O/c20-18(21,22)12-3-5-13(6-4-12)26-16(32)11-2-1-9-30(10-11)15-8-7-14-27-28-17(19(23,24)25)31(14)29-15/h3-8,11H,1-2,9-10H2,(H,26,32)/t11-/m0/s1. The van der Waals surface area contributed by atoms with Crippen LogP contribution in [0.2, 0.25) is 0 Å². The van der Waals surface area contributed by atoms with Gasteiger partial charge in [0.15, 0.2) is 5.65 Å². The Morgan fingerprint density at radius 1 is 0.969 bits per heavy atom. The molecule has 1 fully saturated rings. The fourth-order valence-corrected chi connectivity index (χ4v) is 3.51. The Hall–Kier alpha value is -3.38. The lowest BCUT2D eigenvalue weighted by Gasteiger charge is -2.32. The van der Waals surface area contributed by atoms with Crippen molar-refractivity contribution in [2.75, 3.05) is 23.3 Å². The summed E-state index contributed by atoms with van der Waals surface area (Å²) < 4.78 is 77.9. The molecule has 0 radical (unpaired) electrons. The van der Waals surface area contributed by atoms with Gasteiger partial charge in [-0.1, -0.05) is 0 Å². The number of aromatic nitrogens is 4. The molecule has 0 spiro atoms. The van der Waals surface area contributed by atoms with E-state index in [1.807, 2.05) is 0 Å². The number of alkyl halides is 6. The number of anilines is 2. The molecule has 1 aromatic carbocycles. The van der Waals surface area contributed by atoms with E-state index >= 15 is 0 Å². The minimum absolute atomic E-state index is 0.0605. The van der Waals surface area contributed by atoms with Crippen molar-refractivity contribution < 1.29 is 31.1 Å². The highest BCUT2D eigenvalue weighted by atomic mass is 19.4. The molecule has 170 valence electrons. The maximum atomic E-state index is 13.1. The molecule has 1 N–H and O–H groups in total. The monoisotopic (exact) mass is 458 g/mol. The number of benzene rings is 1. The van der Waals surface area contributed by atoms with E-state index in [0.29, 0.717) is 23.9 Å². The predicted molar refractivity (Wildman–Crippen MR) is 101 cm³/mol. The van der Waals surface area contributed by atoms with E-state index in [-0.39, 0.29) is 23.7 Å². The number of piperidine rings is 1. The van der Waals surface area contributed by atoms with Crippen LogP contribution in [0.3, 0.4) is 0 Å². The number of halogens is 6. The van der Waals surface area contributed by atoms with Crippen molar-refractivity contribution in [1.82, 2.24) is 19.8 Å². The normalized spacial score (nSPS) is 17.6. The molecule has 1 aliphatic heterocycles. The van der Waals surface area contributed by atoms with Gasteiger partial charge in [-0.05, 0) is 49.2 Å². The van der Waals surface area contributed by atoms with Gasteiger partial charge >= 0.3 is 12.4 Å². The molecule has 32 heavy (non-hydrogen) atoms. The Kier molecular flexibility index (Phi) is 5.42. The maximum absolute atomic E-state index is 13.1. The SMILES string of the molecule is O=C(Nc1ccc(C(F)(F)F)cc1)[C@H]1CCCN(c2ccc3nnc(C(F)(F)F)n3n2)C1. The number of rotatable bonds is 3. The average Bonchev–Trinajstić information content (AvgIpc) is 3.17. The lowest BCUT2D eigenvalue weighted by Crippen LogP contribution is -2.41. The number of carbonyl (C=O) groups is 1. The number of carbonyl (C=O) groups excluding carboxylic acids is 1. The molecule has 2 aromatic heterocycles. The van der Waals surface area contributed by atoms with E-state index in [2.05, 4.69) is 20.6 Å². The molecule has 13 heteroatoms. The van der Waals surface area contributed by atoms with Crippen LogP contribution < -0.4 is 10.2 Å². The highest BCUT2D eigenvalue weighted by Gasteiger charge is 2.38. The minimum Gasteiger partial charge on any atom is -0.354 e. The summed E-state index contributed by atoms with van der Waals surface area (Å²) >= 11 is 0. The second-order valence-electron chi connectivity index (χ2n) is 7.33. The number of amides is 1. The average molecular weight is 458 g/mol. The Morgan fingerprint density at radius 3 is 2.34 bits per heavy atom. The Balaban J connectivity index is 1.48. The highest BCUT2D eigenvalue weighted by Crippen LogP contribution is 2.31. The largest absolute Gasteiger partial charge is 0.453 e. The molecule has 1 saturated heterocycles. The molecule has 0 unspecified atom stereocenters. The Bertz CT molecular complexity index is 1120. The van der Waals surface area contributed by atoms with Crippen LogP contribution in [0.15, 0.2) is 36.4 Å². The lowest BCUT2D eigenvalue weighted by molar-refractivity contribution is -0.146. The minimum atomic E-state index is -4.73. The van der Waals surface area contributed by atoms with Gasteiger partial charge in [0.25, 0.3) is 5.82 Å². The van der Waals surface area contributed by atoms with E-state index in [1.165, 1.54) is 24.3 Å². The zero-order valence-corrected chi connectivity index (χ0v) is 16.3. The molecule has 1 amide bonds. The van der Waals surface area contributed by atoms with Crippen molar-refractivity contribution in [3.05, 3.63) is 47.8 Å². The molecule has 1 atom stereocenters. The predicted octanol–water partition coefficient (Wildman–Crippen LogP) is 4.02. The summed E-state index contributed by atoms with van der Waals surface area (Å²) in [7, 11) is 0. The molecule has 7 nitrogen and oxygen atoms in total. The maximum Gasteiger partial charge on any atom is 0.453 e. The van der Waals surface area contributed by atoms with E-state index in [9.17, 15) is 31.1 Å². The van der Waals surface area contributed by atoms with Crippen molar-refractivity contribution in [1.29, 1.82) is 0 Å². The third kappa shape index (κ3) is 4.46. The van der Waals surface area contributed by atoms with Crippen LogP contribution in [0.1, 0.15) is 24.2 Å². The number of hydrogen-bond donors (Lipinski definition) is 1. The third-order valence-electron chi connectivity index (χ3n) is 5.10. The lowest BCUT2D eigenvalue weighted by atomic mass is 9.97. The third-order valence-corrected chi connectivity index (χ3v) is 5.10. The van der Waals surface area contributed by atoms with Gasteiger partial charge in [-0.2, -0.15) is 30.9 Å². The quantitative estimate of drug-likeness (QED) is 0.601. The van der Waals surface area contributed by atoms with Crippen molar-refractivity contribution in [2.45, 2.75) is 25.2 Å². The van der Waals surface area contributed by atoms with Crippen LogP contribution >= 0.6 is 0 Å². The first-order valence-electron chi connectivity index (χ1n) is 9.55. The zero-order valence-electron chi connectivity index (χ0n) is 16.3. The van der Waals surface area contributed by atoms with Crippen LogP contribution in [-0.4, -0.2) is 38.8 Å². The number of nitrogens with zero attached hydrogens (tertiary/aromatic N) is 5. The smallest absolute Gasteiger partial charge is 0.354 e. The second-order valence-corrected chi connectivity index (χ2v) is 7.33. The van der Waals surface area contributed by atoms with Crippen LogP contribution in [0, 0.1) is 5.92 Å². The van der Waals surface area contributed by atoms with Crippen molar-refractivity contribution in [3.8, 4) is 0 Å². The number of hydrogen-bond acceptors (Lipinski definition) is 5. The summed E-state index contributed by atoms with van der Waals surface area (Å²) in [5.74, 6) is -1.93. The van der Waals surface area contributed by atoms with Gasteiger partial charge in [-0.25, -0.2) is 0 Å². The molecular formula is C19H16F6N6O. The second kappa shape index (κ2) is 7.95. The van der Waals surface area contributed by atoms with Gasteiger partial charge in [0, 0.05) is 18.8 Å². The molecule has 3 heterocycles. The topological polar surface area (TPSA) is 75.4 Å². The summed E-state index contributed by atoms with van der Waals surface area (Å²) in [6.45, 7) is 0.667. The van der Waals surface area contributed by atoms with Crippen LogP contribution in [0.4, 0.5) is 37.8 Å². The van der Waals surface area contributed by atoms with Crippen LogP contribution in [-0.2, 0) is 17.1 Å². The van der Waals surface area contributed by atoms with Crippen LogP contribution in [0.5, 0.6) is 0 Å². The summed E-state index contributed by atoms with van der Waals surface area (Å²) in [4.78, 5) is 14.3. The molecule has 0 saturated carbocycles. The Labute approximate surface area is 177 Å². The van der Waals surface area contributed by atoms with Gasteiger partial charge in [0.05, 0.1) is 11.5 Å². The van der Waals surface area contributed by atoms with Gasteiger partial charge in [-0.3, -0.25) is 4.79 Å². The van der Waals surface area contributed by atoms with Crippen LogP contribution in [0.25, 0.3) is 5.65 Å². The number of nitrogens with one attached hydrogen (secondary N) is 1. The fraction of sp³-hybridized carbons (Fsp3) is 0.368. The van der Waals surface area contributed by atoms with Crippen molar-refractivity contribution in [2.24, 2.45) is 5.92 Å². The first-order chi connectivity index (χ1) is 15.0. The van der Waals surface area contributed by atoms with Crippen molar-refractivity contribution >= 4 is 23.1 Å². The van der Waals surface area contributed by atoms with Crippen molar-refractivity contribution in [3.63, 3.8) is 0 Å². The molecule has 3 aromatic rings. The van der Waals surface area contributed by atoms with E-state index < -0.39 is 35.6 Å². The molecule has 4 rings (SSSR count). The first kappa shape index (κ1) is 21.8. The van der Waals surface area contributed by atoms with E-state index in [0.717, 1.165) is 12.1 Å².